The monoisotopic (exact) mass is 477 g/mol. The molecule has 0 bridgehead atoms. The minimum atomic E-state index is -0.811. The SMILES string of the molecule is CC(C)Oc1ccc(Br)cc1/C=N/NC(=O)C(NC(=O)c1ccc(F)cc1)C(C)C. The lowest BCUT2D eigenvalue weighted by atomic mass is 10.0. The van der Waals surface area contributed by atoms with Crippen LogP contribution in [0.15, 0.2) is 52.0 Å². The Morgan fingerprint density at radius 3 is 2.37 bits per heavy atom. The van der Waals surface area contributed by atoms with Crippen molar-refractivity contribution in [1.82, 2.24) is 10.7 Å². The van der Waals surface area contributed by atoms with Crippen LogP contribution in [-0.4, -0.2) is 30.2 Å². The van der Waals surface area contributed by atoms with Crippen LogP contribution in [0.4, 0.5) is 4.39 Å². The standard InChI is InChI=1S/C22H25BrFN3O3/c1-13(2)20(26-21(28)15-5-8-18(24)9-6-15)22(29)27-25-12-16-11-17(23)7-10-19(16)30-14(3)4/h5-14,20H,1-4H3,(H,26,28)(H,27,29)/b25-12+. The number of hydrogen-bond donors (Lipinski definition) is 2. The fourth-order valence-corrected chi connectivity index (χ4v) is 2.96. The molecule has 0 saturated heterocycles. The summed E-state index contributed by atoms with van der Waals surface area (Å²) in [5, 5.41) is 6.69. The predicted molar refractivity (Wildman–Crippen MR) is 118 cm³/mol. The summed E-state index contributed by atoms with van der Waals surface area (Å²) in [6.45, 7) is 7.45. The number of hydrazone groups is 1. The number of hydrogen-bond acceptors (Lipinski definition) is 4. The van der Waals surface area contributed by atoms with Crippen molar-refractivity contribution in [2.24, 2.45) is 11.0 Å². The molecule has 0 spiro atoms. The summed E-state index contributed by atoms with van der Waals surface area (Å²) in [6.07, 6.45) is 1.47. The molecule has 6 nitrogen and oxygen atoms in total. The second kappa shape index (κ2) is 10.9. The average molecular weight is 478 g/mol. The summed E-state index contributed by atoms with van der Waals surface area (Å²) < 4.78 is 19.6. The van der Waals surface area contributed by atoms with E-state index in [1.54, 1.807) is 0 Å². The number of ether oxygens (including phenoxy) is 1. The Kier molecular flexibility index (Phi) is 8.53. The van der Waals surface area contributed by atoms with Gasteiger partial charge in [-0.05, 0) is 62.2 Å². The third-order valence-corrected chi connectivity index (χ3v) is 4.55. The Bertz CT molecular complexity index is 914. The summed E-state index contributed by atoms with van der Waals surface area (Å²) in [5.41, 5.74) is 3.42. The van der Waals surface area contributed by atoms with Gasteiger partial charge >= 0.3 is 0 Å². The molecule has 1 unspecified atom stereocenters. The van der Waals surface area contributed by atoms with E-state index in [1.807, 2.05) is 45.9 Å². The first-order valence-electron chi connectivity index (χ1n) is 9.53. The highest BCUT2D eigenvalue weighted by atomic mass is 79.9. The van der Waals surface area contributed by atoms with E-state index >= 15 is 0 Å². The van der Waals surface area contributed by atoms with Crippen molar-refractivity contribution < 1.29 is 18.7 Å². The van der Waals surface area contributed by atoms with Gasteiger partial charge in [0.1, 0.15) is 17.6 Å². The summed E-state index contributed by atoms with van der Waals surface area (Å²) >= 11 is 3.40. The molecule has 1 atom stereocenters. The van der Waals surface area contributed by atoms with Crippen LogP contribution in [-0.2, 0) is 4.79 Å². The predicted octanol–water partition coefficient (Wildman–Crippen LogP) is 4.28. The third-order valence-electron chi connectivity index (χ3n) is 4.06. The van der Waals surface area contributed by atoms with Gasteiger partial charge < -0.3 is 10.1 Å². The van der Waals surface area contributed by atoms with E-state index in [4.69, 9.17) is 4.74 Å². The van der Waals surface area contributed by atoms with Crippen LogP contribution in [0.1, 0.15) is 43.6 Å². The van der Waals surface area contributed by atoms with Crippen molar-refractivity contribution in [3.8, 4) is 5.75 Å². The molecule has 2 aromatic carbocycles. The van der Waals surface area contributed by atoms with Crippen LogP contribution in [0.25, 0.3) is 0 Å². The van der Waals surface area contributed by atoms with Gasteiger partial charge in [-0.2, -0.15) is 5.10 Å². The van der Waals surface area contributed by atoms with E-state index < -0.39 is 23.7 Å². The van der Waals surface area contributed by atoms with Gasteiger partial charge in [0.15, 0.2) is 0 Å². The van der Waals surface area contributed by atoms with Gasteiger partial charge in [-0.3, -0.25) is 9.59 Å². The highest BCUT2D eigenvalue weighted by molar-refractivity contribution is 9.10. The van der Waals surface area contributed by atoms with Gasteiger partial charge in [-0.1, -0.05) is 29.8 Å². The van der Waals surface area contributed by atoms with E-state index in [-0.39, 0.29) is 17.6 Å². The molecule has 2 N–H and O–H groups in total. The molecular formula is C22H25BrFN3O3. The molecule has 0 saturated carbocycles. The number of rotatable bonds is 8. The smallest absolute Gasteiger partial charge is 0.262 e. The summed E-state index contributed by atoms with van der Waals surface area (Å²) in [6, 6.07) is 9.79. The molecule has 0 radical (unpaired) electrons. The molecule has 0 aliphatic rings. The molecule has 8 heteroatoms. The Morgan fingerprint density at radius 2 is 1.77 bits per heavy atom. The number of amides is 2. The van der Waals surface area contributed by atoms with Gasteiger partial charge in [0, 0.05) is 15.6 Å². The molecule has 30 heavy (non-hydrogen) atoms. The van der Waals surface area contributed by atoms with E-state index in [0.717, 1.165) is 4.47 Å². The van der Waals surface area contributed by atoms with Crippen molar-refractivity contribution in [2.75, 3.05) is 0 Å². The molecule has 2 aromatic rings. The number of nitrogens with one attached hydrogen (secondary N) is 2. The maximum atomic E-state index is 13.0. The lowest BCUT2D eigenvalue weighted by molar-refractivity contribution is -0.123. The Morgan fingerprint density at radius 1 is 1.10 bits per heavy atom. The number of benzene rings is 2. The number of nitrogens with zero attached hydrogens (tertiary/aromatic N) is 1. The van der Waals surface area contributed by atoms with Crippen molar-refractivity contribution in [2.45, 2.75) is 39.8 Å². The molecule has 2 rings (SSSR count). The van der Waals surface area contributed by atoms with Crippen molar-refractivity contribution in [3.63, 3.8) is 0 Å². The number of halogens is 2. The largest absolute Gasteiger partial charge is 0.490 e. The summed E-state index contributed by atoms with van der Waals surface area (Å²) in [4.78, 5) is 25.0. The molecule has 0 aliphatic heterocycles. The van der Waals surface area contributed by atoms with E-state index in [0.29, 0.717) is 11.3 Å². The molecule has 160 valence electrons. The van der Waals surface area contributed by atoms with Gasteiger partial charge in [0.05, 0.1) is 12.3 Å². The zero-order chi connectivity index (χ0) is 22.3. The minimum absolute atomic E-state index is 0.0140. The van der Waals surface area contributed by atoms with E-state index in [1.165, 1.54) is 30.5 Å². The maximum absolute atomic E-state index is 13.0. The van der Waals surface area contributed by atoms with Gasteiger partial charge in [0.2, 0.25) is 0 Å². The van der Waals surface area contributed by atoms with Crippen LogP contribution < -0.4 is 15.5 Å². The van der Waals surface area contributed by atoms with Crippen LogP contribution >= 0.6 is 15.9 Å². The summed E-state index contributed by atoms with van der Waals surface area (Å²) in [7, 11) is 0. The Labute approximate surface area is 184 Å². The lowest BCUT2D eigenvalue weighted by Crippen LogP contribution is -2.48. The van der Waals surface area contributed by atoms with Crippen LogP contribution in [0.3, 0.4) is 0 Å². The third kappa shape index (κ3) is 6.95. The molecule has 2 amide bonds. The molecule has 0 fully saturated rings. The van der Waals surface area contributed by atoms with Gasteiger partial charge in [0.25, 0.3) is 11.8 Å². The topological polar surface area (TPSA) is 79.8 Å². The van der Waals surface area contributed by atoms with Gasteiger partial charge in [-0.25, -0.2) is 9.82 Å². The molecular weight excluding hydrogens is 453 g/mol. The zero-order valence-electron chi connectivity index (χ0n) is 17.3. The van der Waals surface area contributed by atoms with Crippen molar-refractivity contribution >= 4 is 34.0 Å². The number of carbonyl (C=O) groups is 2. The van der Waals surface area contributed by atoms with E-state index in [9.17, 15) is 14.0 Å². The van der Waals surface area contributed by atoms with Crippen molar-refractivity contribution in [3.05, 3.63) is 63.9 Å². The molecule has 0 aliphatic carbocycles. The number of carbonyl (C=O) groups excluding carboxylic acids is 2. The first-order valence-corrected chi connectivity index (χ1v) is 10.3. The van der Waals surface area contributed by atoms with Crippen LogP contribution in [0.5, 0.6) is 5.75 Å². The normalized spacial score (nSPS) is 12.3. The second-order valence-electron chi connectivity index (χ2n) is 7.29. The minimum Gasteiger partial charge on any atom is -0.490 e. The summed E-state index contributed by atoms with van der Waals surface area (Å²) in [5.74, 6) is -0.913. The maximum Gasteiger partial charge on any atom is 0.262 e. The Hall–Kier alpha value is -2.74. The molecule has 0 heterocycles. The first-order chi connectivity index (χ1) is 14.2. The average Bonchev–Trinajstić information content (AvgIpc) is 2.67. The zero-order valence-corrected chi connectivity index (χ0v) is 18.9. The Balaban J connectivity index is 2.07. The quantitative estimate of drug-likeness (QED) is 0.439. The fraction of sp³-hybridized carbons (Fsp3) is 0.318. The lowest BCUT2D eigenvalue weighted by Gasteiger charge is -2.20. The van der Waals surface area contributed by atoms with Crippen LogP contribution in [0.2, 0.25) is 0 Å². The first kappa shape index (κ1) is 23.5. The highest BCUT2D eigenvalue weighted by Gasteiger charge is 2.24. The fourth-order valence-electron chi connectivity index (χ4n) is 2.58. The molecule has 0 aromatic heterocycles. The van der Waals surface area contributed by atoms with Crippen LogP contribution in [0, 0.1) is 11.7 Å². The van der Waals surface area contributed by atoms with E-state index in [2.05, 4.69) is 31.8 Å². The highest BCUT2D eigenvalue weighted by Crippen LogP contribution is 2.22. The second-order valence-corrected chi connectivity index (χ2v) is 8.20. The van der Waals surface area contributed by atoms with Gasteiger partial charge in [-0.15, -0.1) is 0 Å². The van der Waals surface area contributed by atoms with Crippen molar-refractivity contribution in [1.29, 1.82) is 0 Å².